The molecule has 0 aliphatic carbocycles. The summed E-state index contributed by atoms with van der Waals surface area (Å²) in [7, 11) is 1.48. The van der Waals surface area contributed by atoms with E-state index < -0.39 is 17.7 Å². The molecular weight excluding hydrogens is 427 g/mol. The van der Waals surface area contributed by atoms with Crippen molar-refractivity contribution in [3.63, 3.8) is 0 Å². The average molecular weight is 448 g/mol. The first-order chi connectivity index (χ1) is 11.0. The van der Waals surface area contributed by atoms with Crippen LogP contribution in [-0.2, 0) is 20.9 Å². The number of carbonyl (C=O) groups is 2. The largest absolute Gasteiger partial charge is 0.514 e. The summed E-state index contributed by atoms with van der Waals surface area (Å²) < 4.78 is 21.4. The van der Waals surface area contributed by atoms with Crippen molar-refractivity contribution < 1.29 is 28.5 Å². The van der Waals surface area contributed by atoms with Crippen LogP contribution in [0.2, 0.25) is 0 Å². The molecule has 0 radical (unpaired) electrons. The molecule has 0 aliphatic rings. The third-order valence-corrected chi connectivity index (χ3v) is 3.47. The second-order valence-electron chi connectivity index (χ2n) is 6.02. The zero-order valence-electron chi connectivity index (χ0n) is 14.4. The van der Waals surface area contributed by atoms with E-state index in [9.17, 15) is 9.59 Å². The molecule has 0 unspecified atom stereocenters. The lowest BCUT2D eigenvalue weighted by Gasteiger charge is -2.19. The first kappa shape index (κ1) is 20.3. The summed E-state index contributed by atoms with van der Waals surface area (Å²) in [5.74, 6) is 0.251. The lowest BCUT2D eigenvalue weighted by Crippen LogP contribution is -2.26. The van der Waals surface area contributed by atoms with E-state index in [2.05, 4.69) is 6.58 Å². The maximum absolute atomic E-state index is 11.8. The third kappa shape index (κ3) is 6.38. The Hall–Kier alpha value is -1.77. The molecule has 0 bridgehead atoms. The zero-order chi connectivity index (χ0) is 18.5. The lowest BCUT2D eigenvalue weighted by molar-refractivity contribution is -0.140. The summed E-state index contributed by atoms with van der Waals surface area (Å²) in [5.41, 5.74) is 0.310. The second-order valence-corrected chi connectivity index (χ2v) is 7.18. The summed E-state index contributed by atoms with van der Waals surface area (Å²) in [6.45, 7) is 10.4. The van der Waals surface area contributed by atoms with E-state index in [0.29, 0.717) is 26.2 Å². The number of hydrogen-bond donors (Lipinski definition) is 0. The van der Waals surface area contributed by atoms with Gasteiger partial charge in [-0.05, 0) is 56.4 Å². The van der Waals surface area contributed by atoms with Crippen molar-refractivity contribution in [3.8, 4) is 11.5 Å². The Kier molecular flexibility index (Phi) is 7.07. The predicted octanol–water partition coefficient (Wildman–Crippen LogP) is 4.23. The summed E-state index contributed by atoms with van der Waals surface area (Å²) in [4.78, 5) is 23.3. The van der Waals surface area contributed by atoms with Crippen LogP contribution in [0.25, 0.3) is 0 Å². The van der Waals surface area contributed by atoms with E-state index in [1.165, 1.54) is 7.11 Å². The molecule has 1 aromatic rings. The van der Waals surface area contributed by atoms with Gasteiger partial charge in [-0.1, -0.05) is 6.58 Å². The molecule has 0 aliphatic heterocycles. The van der Waals surface area contributed by atoms with Crippen molar-refractivity contribution in [3.05, 3.63) is 33.4 Å². The van der Waals surface area contributed by atoms with Crippen molar-refractivity contribution in [1.82, 2.24) is 0 Å². The molecule has 132 valence electrons. The van der Waals surface area contributed by atoms with Gasteiger partial charge in [0.1, 0.15) is 18.0 Å². The maximum atomic E-state index is 11.8. The highest BCUT2D eigenvalue weighted by molar-refractivity contribution is 14.1. The Bertz CT molecular complexity index is 645. The molecule has 0 aromatic heterocycles. The zero-order valence-corrected chi connectivity index (χ0v) is 16.6. The van der Waals surface area contributed by atoms with Gasteiger partial charge in [0, 0.05) is 17.2 Å². The number of carbonyl (C=O) groups excluding carboxylic acids is 2. The van der Waals surface area contributed by atoms with Gasteiger partial charge >= 0.3 is 12.1 Å². The van der Waals surface area contributed by atoms with Crippen molar-refractivity contribution >= 4 is 34.7 Å². The molecule has 0 saturated heterocycles. The molecule has 0 heterocycles. The first-order valence-electron chi connectivity index (χ1n) is 7.13. The number of hydrogen-bond acceptors (Lipinski definition) is 6. The van der Waals surface area contributed by atoms with Gasteiger partial charge in [-0.3, -0.25) is 0 Å². The first-order valence-corrected chi connectivity index (χ1v) is 8.21. The number of methoxy groups -OCH3 is 1. The van der Waals surface area contributed by atoms with E-state index in [4.69, 9.17) is 18.9 Å². The number of benzene rings is 1. The topological polar surface area (TPSA) is 71.1 Å². The van der Waals surface area contributed by atoms with Gasteiger partial charge in [-0.15, -0.1) is 0 Å². The summed E-state index contributed by atoms with van der Waals surface area (Å²) in [6.07, 6.45) is -0.802. The van der Waals surface area contributed by atoms with Crippen LogP contribution < -0.4 is 9.47 Å². The molecule has 6 nitrogen and oxygen atoms in total. The van der Waals surface area contributed by atoms with Gasteiger partial charge < -0.3 is 18.9 Å². The molecule has 0 N–H and O–H groups in total. The van der Waals surface area contributed by atoms with Gasteiger partial charge in [-0.25, -0.2) is 9.59 Å². The van der Waals surface area contributed by atoms with Crippen LogP contribution in [0.15, 0.2) is 24.3 Å². The predicted molar refractivity (Wildman–Crippen MR) is 97.2 cm³/mol. The average Bonchev–Trinajstić information content (AvgIpc) is 2.44. The monoisotopic (exact) mass is 448 g/mol. The number of ether oxygens (including phenoxy) is 4. The molecule has 0 amide bonds. The molecule has 1 aromatic carbocycles. The van der Waals surface area contributed by atoms with Gasteiger partial charge in [0.15, 0.2) is 5.75 Å². The van der Waals surface area contributed by atoms with Gasteiger partial charge in [0.25, 0.3) is 0 Å². The fourth-order valence-electron chi connectivity index (χ4n) is 1.58. The molecule has 1 rings (SSSR count). The third-order valence-electron chi connectivity index (χ3n) is 2.62. The highest BCUT2D eigenvalue weighted by Gasteiger charge is 2.20. The summed E-state index contributed by atoms with van der Waals surface area (Å²) >= 11 is 2.01. The Morgan fingerprint density at radius 1 is 1.21 bits per heavy atom. The van der Waals surface area contributed by atoms with E-state index in [0.717, 1.165) is 0 Å². The van der Waals surface area contributed by atoms with Crippen molar-refractivity contribution in [2.75, 3.05) is 7.11 Å². The maximum Gasteiger partial charge on any atom is 0.514 e. The van der Waals surface area contributed by atoms with E-state index >= 15 is 0 Å². The van der Waals surface area contributed by atoms with Gasteiger partial charge in [-0.2, -0.15) is 0 Å². The fraction of sp³-hybridized carbons (Fsp3) is 0.412. The highest BCUT2D eigenvalue weighted by Crippen LogP contribution is 2.31. The van der Waals surface area contributed by atoms with Crippen LogP contribution in [0.4, 0.5) is 4.79 Å². The number of rotatable bonds is 5. The van der Waals surface area contributed by atoms with Crippen molar-refractivity contribution in [2.45, 2.75) is 39.9 Å². The molecule has 0 fully saturated rings. The molecule has 24 heavy (non-hydrogen) atoms. The molecular formula is C17H21IO6. The van der Waals surface area contributed by atoms with E-state index in [1.54, 1.807) is 39.8 Å². The molecule has 0 saturated carbocycles. The number of esters is 1. The van der Waals surface area contributed by atoms with Crippen LogP contribution in [0.3, 0.4) is 0 Å². The Morgan fingerprint density at radius 3 is 2.33 bits per heavy atom. The minimum absolute atomic E-state index is 0.0254. The smallest absolute Gasteiger partial charge is 0.496 e. The number of halogens is 1. The minimum atomic E-state index is -0.802. The van der Waals surface area contributed by atoms with Crippen molar-refractivity contribution in [2.24, 2.45) is 0 Å². The van der Waals surface area contributed by atoms with Crippen LogP contribution >= 0.6 is 22.6 Å². The molecule has 0 atom stereocenters. The fourth-order valence-corrected chi connectivity index (χ4v) is 2.23. The summed E-state index contributed by atoms with van der Waals surface area (Å²) in [6, 6.07) is 3.26. The van der Waals surface area contributed by atoms with Crippen LogP contribution in [0.1, 0.15) is 33.3 Å². The molecule has 7 heteroatoms. The van der Waals surface area contributed by atoms with E-state index in [-0.39, 0.29) is 6.61 Å². The minimum Gasteiger partial charge on any atom is -0.496 e. The lowest BCUT2D eigenvalue weighted by atomic mass is 10.2. The quantitative estimate of drug-likeness (QED) is 0.291. The standard InChI is InChI=1S/C17H21IO6/c1-10(2)15(19)22-9-11-7-12(18)14(8-13(11)21-6)23-16(20)24-17(3,4)5/h7-8H,1,9H2,2-6H3. The summed E-state index contributed by atoms with van der Waals surface area (Å²) in [5, 5.41) is 0. The van der Waals surface area contributed by atoms with Crippen LogP contribution in [-0.4, -0.2) is 24.8 Å². The Labute approximate surface area is 155 Å². The van der Waals surface area contributed by atoms with Crippen molar-refractivity contribution in [1.29, 1.82) is 0 Å². The highest BCUT2D eigenvalue weighted by atomic mass is 127. The normalized spacial score (nSPS) is 10.8. The second kappa shape index (κ2) is 8.36. The van der Waals surface area contributed by atoms with Gasteiger partial charge in [0.05, 0.1) is 10.7 Å². The van der Waals surface area contributed by atoms with E-state index in [1.807, 2.05) is 22.6 Å². The van der Waals surface area contributed by atoms with Crippen LogP contribution in [0.5, 0.6) is 11.5 Å². The molecule has 0 spiro atoms. The van der Waals surface area contributed by atoms with Crippen LogP contribution in [0, 0.1) is 3.57 Å². The SMILES string of the molecule is C=C(C)C(=O)OCc1cc(I)c(OC(=O)OC(C)(C)C)cc1OC. The Morgan fingerprint density at radius 2 is 1.83 bits per heavy atom. The Balaban J connectivity index is 2.93. The van der Waals surface area contributed by atoms with Gasteiger partial charge in [0.2, 0.25) is 0 Å².